The number of carbonyl (C=O) groups is 1. The summed E-state index contributed by atoms with van der Waals surface area (Å²) in [6, 6.07) is 8.46. The lowest BCUT2D eigenvalue weighted by Gasteiger charge is -2.04. The van der Waals surface area contributed by atoms with Crippen LogP contribution in [0.15, 0.2) is 46.9 Å². The minimum absolute atomic E-state index is 0.0938. The van der Waals surface area contributed by atoms with Gasteiger partial charge in [0.05, 0.1) is 0 Å². The highest BCUT2D eigenvalue weighted by atomic mass is 19.1. The fraction of sp³-hybridized carbons (Fsp3) is 0. The molecule has 1 N–H and O–H groups in total. The molecule has 2 aromatic carbocycles. The number of anilines is 1. The molecule has 0 saturated carbocycles. The molecule has 23 heavy (non-hydrogen) atoms. The largest absolute Gasteiger partial charge is 0.412 e. The van der Waals surface area contributed by atoms with Gasteiger partial charge in [0.25, 0.3) is 0 Å². The lowest BCUT2D eigenvalue weighted by Crippen LogP contribution is -2.14. The summed E-state index contributed by atoms with van der Waals surface area (Å²) in [7, 11) is 0. The predicted molar refractivity (Wildman–Crippen MR) is 74.0 cm³/mol. The Morgan fingerprint density at radius 2 is 1.70 bits per heavy atom. The summed E-state index contributed by atoms with van der Waals surface area (Å²) in [4.78, 5) is 11.9. The van der Waals surface area contributed by atoms with Gasteiger partial charge in [-0.2, -0.15) is 0 Å². The van der Waals surface area contributed by atoms with Crippen molar-refractivity contribution < 1.29 is 22.4 Å². The average molecular weight is 319 g/mol. The third-order valence-electron chi connectivity index (χ3n) is 2.89. The number of nitrogens with one attached hydrogen (secondary N) is 1. The van der Waals surface area contributed by atoms with Crippen LogP contribution in [0.1, 0.15) is 10.7 Å². The minimum atomic E-state index is -0.982. The molecule has 0 unspecified atom stereocenters. The van der Waals surface area contributed by atoms with Crippen molar-refractivity contribution in [1.82, 2.24) is 10.2 Å². The molecule has 8 heteroatoms. The Bertz CT molecular complexity index is 860. The van der Waals surface area contributed by atoms with Gasteiger partial charge >= 0.3 is 11.8 Å². The number of halogens is 3. The number of amides is 1. The second kappa shape index (κ2) is 5.91. The summed E-state index contributed by atoms with van der Waals surface area (Å²) in [6.07, 6.45) is 0. The molecule has 0 aliphatic heterocycles. The van der Waals surface area contributed by atoms with Crippen LogP contribution in [0.2, 0.25) is 0 Å². The molecule has 1 aromatic heterocycles. The molecule has 0 bridgehead atoms. The quantitative estimate of drug-likeness (QED) is 0.803. The Morgan fingerprint density at radius 3 is 2.39 bits per heavy atom. The Hall–Kier alpha value is -3.16. The zero-order chi connectivity index (χ0) is 16.4. The van der Waals surface area contributed by atoms with Gasteiger partial charge in [-0.1, -0.05) is 12.1 Å². The van der Waals surface area contributed by atoms with E-state index in [4.69, 9.17) is 4.42 Å². The van der Waals surface area contributed by atoms with Crippen molar-refractivity contribution in [2.45, 2.75) is 0 Å². The van der Waals surface area contributed by atoms with Crippen LogP contribution in [0.5, 0.6) is 0 Å². The first kappa shape index (κ1) is 14.8. The van der Waals surface area contributed by atoms with Crippen LogP contribution in [0.25, 0.3) is 11.5 Å². The van der Waals surface area contributed by atoms with E-state index in [2.05, 4.69) is 10.2 Å². The summed E-state index contributed by atoms with van der Waals surface area (Å²) < 4.78 is 45.2. The molecule has 3 rings (SSSR count). The maximum atomic E-state index is 13.5. The summed E-state index contributed by atoms with van der Waals surface area (Å²) in [5.41, 5.74) is -0.350. The highest BCUT2D eigenvalue weighted by Gasteiger charge is 2.19. The van der Waals surface area contributed by atoms with Crippen molar-refractivity contribution in [3.8, 4) is 11.5 Å². The third-order valence-corrected chi connectivity index (χ3v) is 2.89. The van der Waals surface area contributed by atoms with Crippen LogP contribution in [0.3, 0.4) is 0 Å². The number of carbonyl (C=O) groups excluding carboxylic acids is 1. The van der Waals surface area contributed by atoms with E-state index in [0.29, 0.717) is 0 Å². The molecule has 1 heterocycles. The first-order valence-corrected chi connectivity index (χ1v) is 6.39. The van der Waals surface area contributed by atoms with E-state index in [1.54, 1.807) is 0 Å². The van der Waals surface area contributed by atoms with Gasteiger partial charge in [0.15, 0.2) is 0 Å². The summed E-state index contributed by atoms with van der Waals surface area (Å²) in [5, 5.41) is 9.10. The zero-order valence-electron chi connectivity index (χ0n) is 11.4. The van der Waals surface area contributed by atoms with Gasteiger partial charge in [0.1, 0.15) is 23.1 Å². The Kier molecular flexibility index (Phi) is 3.80. The zero-order valence-corrected chi connectivity index (χ0v) is 11.4. The standard InChI is InChI=1S/C15H8F3N3O2/c16-9-4-1-3-8(7-9)14-20-21-15(23-14)13(22)19-12-10(17)5-2-6-11(12)18/h1-7H,(H,19,22). The summed E-state index contributed by atoms with van der Waals surface area (Å²) in [5.74, 6) is -3.98. The van der Waals surface area contributed by atoms with Crippen LogP contribution >= 0.6 is 0 Å². The number of hydrogen-bond acceptors (Lipinski definition) is 4. The van der Waals surface area contributed by atoms with E-state index in [1.165, 1.54) is 18.2 Å². The van der Waals surface area contributed by atoms with Crippen molar-refractivity contribution in [2.24, 2.45) is 0 Å². The van der Waals surface area contributed by atoms with E-state index >= 15 is 0 Å². The molecular weight excluding hydrogens is 311 g/mol. The van der Waals surface area contributed by atoms with Gasteiger partial charge < -0.3 is 9.73 Å². The highest BCUT2D eigenvalue weighted by molar-refractivity contribution is 6.01. The smallest absolute Gasteiger partial charge is 0.313 e. The molecule has 0 saturated heterocycles. The lowest BCUT2D eigenvalue weighted by molar-refractivity contribution is 0.0989. The van der Waals surface area contributed by atoms with Crippen LogP contribution in [-0.4, -0.2) is 16.1 Å². The van der Waals surface area contributed by atoms with Crippen LogP contribution in [-0.2, 0) is 0 Å². The second-order valence-corrected chi connectivity index (χ2v) is 4.47. The molecule has 0 fully saturated rings. The van der Waals surface area contributed by atoms with E-state index in [9.17, 15) is 18.0 Å². The van der Waals surface area contributed by atoms with Gasteiger partial charge in [-0.15, -0.1) is 10.2 Å². The first-order valence-electron chi connectivity index (χ1n) is 6.39. The molecule has 0 radical (unpaired) electrons. The third kappa shape index (κ3) is 3.05. The van der Waals surface area contributed by atoms with Crippen molar-refractivity contribution in [2.75, 3.05) is 5.32 Å². The number of rotatable bonds is 3. The predicted octanol–water partition coefficient (Wildman–Crippen LogP) is 3.41. The normalized spacial score (nSPS) is 10.6. The van der Waals surface area contributed by atoms with Crippen LogP contribution in [0, 0.1) is 17.5 Å². The maximum Gasteiger partial charge on any atom is 0.313 e. The molecule has 0 aliphatic rings. The van der Waals surface area contributed by atoms with Gasteiger partial charge in [0.2, 0.25) is 5.89 Å². The fourth-order valence-corrected chi connectivity index (χ4v) is 1.84. The average Bonchev–Trinajstić information content (AvgIpc) is 3.01. The lowest BCUT2D eigenvalue weighted by atomic mass is 10.2. The molecule has 1 amide bonds. The SMILES string of the molecule is O=C(Nc1c(F)cccc1F)c1nnc(-c2cccc(F)c2)o1. The van der Waals surface area contributed by atoms with E-state index in [0.717, 1.165) is 24.3 Å². The molecule has 0 aliphatic carbocycles. The van der Waals surface area contributed by atoms with E-state index < -0.39 is 34.9 Å². The number of hydrogen-bond donors (Lipinski definition) is 1. The molecule has 3 aromatic rings. The van der Waals surface area contributed by atoms with Crippen LogP contribution < -0.4 is 5.32 Å². The van der Waals surface area contributed by atoms with Crippen molar-refractivity contribution in [3.05, 3.63) is 65.8 Å². The minimum Gasteiger partial charge on any atom is -0.412 e. The maximum absolute atomic E-state index is 13.5. The van der Waals surface area contributed by atoms with Gasteiger partial charge in [-0.25, -0.2) is 13.2 Å². The van der Waals surface area contributed by atoms with Crippen molar-refractivity contribution in [1.29, 1.82) is 0 Å². The Labute approximate surface area is 127 Å². The molecular formula is C15H8F3N3O2. The Morgan fingerprint density at radius 1 is 1.00 bits per heavy atom. The molecule has 116 valence electrons. The van der Waals surface area contributed by atoms with Crippen molar-refractivity contribution >= 4 is 11.6 Å². The fourth-order valence-electron chi connectivity index (χ4n) is 1.84. The summed E-state index contributed by atoms with van der Waals surface area (Å²) in [6.45, 7) is 0. The number of para-hydroxylation sites is 1. The van der Waals surface area contributed by atoms with Gasteiger partial charge in [-0.05, 0) is 30.3 Å². The number of aromatic nitrogens is 2. The number of benzene rings is 2. The van der Waals surface area contributed by atoms with Gasteiger partial charge in [-0.3, -0.25) is 4.79 Å². The van der Waals surface area contributed by atoms with Crippen molar-refractivity contribution in [3.63, 3.8) is 0 Å². The number of nitrogens with zero attached hydrogens (tertiary/aromatic N) is 2. The first-order chi connectivity index (χ1) is 11.0. The highest BCUT2D eigenvalue weighted by Crippen LogP contribution is 2.21. The molecule has 0 atom stereocenters. The molecule has 5 nitrogen and oxygen atoms in total. The second-order valence-electron chi connectivity index (χ2n) is 4.47. The van der Waals surface area contributed by atoms with Gasteiger partial charge in [0, 0.05) is 5.56 Å². The monoisotopic (exact) mass is 319 g/mol. The van der Waals surface area contributed by atoms with Crippen LogP contribution in [0.4, 0.5) is 18.9 Å². The Balaban J connectivity index is 1.84. The van der Waals surface area contributed by atoms with E-state index in [1.807, 2.05) is 5.32 Å². The van der Waals surface area contributed by atoms with E-state index in [-0.39, 0.29) is 11.5 Å². The molecule has 0 spiro atoms. The topological polar surface area (TPSA) is 68.0 Å². The summed E-state index contributed by atoms with van der Waals surface area (Å²) >= 11 is 0.